The number of rotatable bonds is 3. The van der Waals surface area contributed by atoms with Crippen LogP contribution < -0.4 is 4.90 Å². The molecule has 29 heavy (non-hydrogen) atoms. The number of alkyl halides is 3. The average molecular weight is 505 g/mol. The highest BCUT2D eigenvalue weighted by Gasteiger charge is 2.36. The zero-order valence-corrected chi connectivity index (χ0v) is 17.2. The number of carbonyl (C=O) groups excluding carboxylic acids is 1. The number of nitro benzene ring substituents is 1. The molecular formula is C17H8BrF3N2O4S2. The Morgan fingerprint density at radius 3 is 2.59 bits per heavy atom. The Balaban J connectivity index is 2.01. The molecule has 0 aliphatic carbocycles. The first-order valence-corrected chi connectivity index (χ1v) is 9.63. The highest BCUT2D eigenvalue weighted by atomic mass is 79.9. The third-order valence-corrected chi connectivity index (χ3v) is 5.71. The Morgan fingerprint density at radius 2 is 1.97 bits per heavy atom. The van der Waals surface area contributed by atoms with E-state index in [-0.39, 0.29) is 36.4 Å². The largest absolute Gasteiger partial charge is 0.506 e. The fraction of sp³-hybridized carbons (Fsp3) is 0.0588. The summed E-state index contributed by atoms with van der Waals surface area (Å²) in [5.74, 6) is -1.04. The predicted octanol–water partition coefficient (Wildman–Crippen LogP) is 5.49. The van der Waals surface area contributed by atoms with Gasteiger partial charge in [0.05, 0.1) is 25.6 Å². The molecule has 0 unspecified atom stereocenters. The SMILES string of the molecule is O=C1C(=Cc2cc([N+](=O)[O-])cc(Br)c2O)SC(=S)N1c1cccc(C(F)(F)F)c1. The summed E-state index contributed by atoms with van der Waals surface area (Å²) < 4.78 is 38.9. The number of amides is 1. The van der Waals surface area contributed by atoms with Gasteiger partial charge in [-0.05, 0) is 40.2 Å². The van der Waals surface area contributed by atoms with Gasteiger partial charge in [-0.25, -0.2) is 0 Å². The highest BCUT2D eigenvalue weighted by Crippen LogP contribution is 2.40. The van der Waals surface area contributed by atoms with E-state index in [4.69, 9.17) is 12.2 Å². The summed E-state index contributed by atoms with van der Waals surface area (Å²) in [7, 11) is 0. The maximum absolute atomic E-state index is 13.0. The van der Waals surface area contributed by atoms with E-state index in [1.54, 1.807) is 0 Å². The molecule has 0 atom stereocenters. The van der Waals surface area contributed by atoms with Crippen LogP contribution in [0.3, 0.4) is 0 Å². The van der Waals surface area contributed by atoms with E-state index < -0.39 is 22.6 Å². The summed E-state index contributed by atoms with van der Waals surface area (Å²) in [5.41, 5.74) is -1.34. The number of phenolic OH excluding ortho intramolecular Hbond substituents is 1. The topological polar surface area (TPSA) is 83.7 Å². The number of hydrogen-bond acceptors (Lipinski definition) is 6. The van der Waals surface area contributed by atoms with E-state index in [1.807, 2.05) is 0 Å². The van der Waals surface area contributed by atoms with Gasteiger partial charge in [-0.3, -0.25) is 19.8 Å². The molecule has 0 spiro atoms. The number of thioether (sulfide) groups is 1. The first kappa shape index (κ1) is 21.3. The molecule has 2 aromatic carbocycles. The van der Waals surface area contributed by atoms with Crippen molar-refractivity contribution in [1.29, 1.82) is 0 Å². The van der Waals surface area contributed by atoms with E-state index in [2.05, 4.69) is 15.9 Å². The number of halogens is 4. The Morgan fingerprint density at radius 1 is 1.28 bits per heavy atom. The monoisotopic (exact) mass is 504 g/mol. The fourth-order valence-corrected chi connectivity index (χ4v) is 4.23. The normalized spacial score (nSPS) is 16.0. The minimum absolute atomic E-state index is 0.00453. The predicted molar refractivity (Wildman–Crippen MR) is 110 cm³/mol. The van der Waals surface area contributed by atoms with E-state index >= 15 is 0 Å². The number of aromatic hydroxyl groups is 1. The number of benzene rings is 2. The number of non-ortho nitro benzene ring substituents is 1. The average Bonchev–Trinajstić information content (AvgIpc) is 2.91. The number of nitrogens with zero attached hydrogens (tertiary/aromatic N) is 2. The molecule has 0 bridgehead atoms. The third kappa shape index (κ3) is 4.28. The van der Waals surface area contributed by atoms with Crippen LogP contribution in [0.5, 0.6) is 5.75 Å². The third-order valence-electron chi connectivity index (χ3n) is 3.80. The summed E-state index contributed by atoms with van der Waals surface area (Å²) in [6, 6.07) is 6.30. The highest BCUT2D eigenvalue weighted by molar-refractivity contribution is 9.10. The lowest BCUT2D eigenvalue weighted by molar-refractivity contribution is -0.385. The Hall–Kier alpha value is -2.44. The summed E-state index contributed by atoms with van der Waals surface area (Å²) in [4.78, 5) is 24.0. The van der Waals surface area contributed by atoms with Crippen LogP contribution >= 0.6 is 39.9 Å². The van der Waals surface area contributed by atoms with Gasteiger partial charge in [0.1, 0.15) is 5.75 Å². The van der Waals surface area contributed by atoms with Gasteiger partial charge in [0, 0.05) is 17.7 Å². The Labute approximate surface area is 179 Å². The first-order chi connectivity index (χ1) is 13.5. The van der Waals surface area contributed by atoms with Gasteiger partial charge < -0.3 is 5.11 Å². The van der Waals surface area contributed by atoms with Crippen molar-refractivity contribution in [3.63, 3.8) is 0 Å². The summed E-state index contributed by atoms with van der Waals surface area (Å²) in [6.45, 7) is 0. The number of anilines is 1. The quantitative estimate of drug-likeness (QED) is 0.257. The van der Waals surface area contributed by atoms with Crippen molar-refractivity contribution in [3.05, 3.63) is 67.0 Å². The summed E-state index contributed by atoms with van der Waals surface area (Å²) in [5, 5.41) is 21.1. The van der Waals surface area contributed by atoms with Crippen molar-refractivity contribution in [2.75, 3.05) is 4.90 Å². The van der Waals surface area contributed by atoms with E-state index in [0.717, 1.165) is 47.0 Å². The van der Waals surface area contributed by atoms with Gasteiger partial charge in [0.15, 0.2) is 4.32 Å². The molecule has 0 aromatic heterocycles. The zero-order chi connectivity index (χ0) is 21.5. The summed E-state index contributed by atoms with van der Waals surface area (Å²) in [6.07, 6.45) is -3.40. The zero-order valence-electron chi connectivity index (χ0n) is 13.9. The second-order valence-electron chi connectivity index (χ2n) is 5.69. The van der Waals surface area contributed by atoms with Crippen molar-refractivity contribution < 1.29 is 28.0 Å². The fourth-order valence-electron chi connectivity index (χ4n) is 2.47. The molecule has 3 rings (SSSR count). The molecule has 1 heterocycles. The van der Waals surface area contributed by atoms with Crippen LogP contribution in [0, 0.1) is 10.1 Å². The van der Waals surface area contributed by atoms with Crippen molar-refractivity contribution in [3.8, 4) is 5.75 Å². The first-order valence-electron chi connectivity index (χ1n) is 7.61. The van der Waals surface area contributed by atoms with Gasteiger partial charge in [-0.2, -0.15) is 13.2 Å². The van der Waals surface area contributed by atoms with Crippen LogP contribution in [0.4, 0.5) is 24.5 Å². The van der Waals surface area contributed by atoms with Gasteiger partial charge in [0.2, 0.25) is 0 Å². The van der Waals surface area contributed by atoms with Crippen LogP contribution in [0.25, 0.3) is 6.08 Å². The maximum atomic E-state index is 13.0. The number of thiocarbonyl (C=S) groups is 1. The Bertz CT molecular complexity index is 1090. The van der Waals surface area contributed by atoms with E-state index in [9.17, 15) is 33.2 Å². The lowest BCUT2D eigenvalue weighted by Gasteiger charge is -2.16. The van der Waals surface area contributed by atoms with Crippen molar-refractivity contribution in [2.24, 2.45) is 0 Å². The van der Waals surface area contributed by atoms with Gasteiger partial charge in [-0.1, -0.05) is 30.0 Å². The second-order valence-corrected chi connectivity index (χ2v) is 8.22. The Kier molecular flexibility index (Phi) is 5.70. The molecule has 2 aromatic rings. The van der Waals surface area contributed by atoms with Crippen LogP contribution in [-0.4, -0.2) is 20.3 Å². The van der Waals surface area contributed by atoms with Crippen molar-refractivity contribution in [2.45, 2.75) is 6.18 Å². The van der Waals surface area contributed by atoms with E-state index in [0.29, 0.717) is 0 Å². The van der Waals surface area contributed by atoms with Crippen LogP contribution in [0.15, 0.2) is 45.8 Å². The van der Waals surface area contributed by atoms with Crippen LogP contribution in [-0.2, 0) is 11.0 Å². The smallest absolute Gasteiger partial charge is 0.416 e. The minimum Gasteiger partial charge on any atom is -0.506 e. The molecular weight excluding hydrogens is 497 g/mol. The lowest BCUT2D eigenvalue weighted by atomic mass is 10.1. The summed E-state index contributed by atoms with van der Waals surface area (Å²) >= 11 is 8.93. The molecule has 6 nitrogen and oxygen atoms in total. The standard InChI is InChI=1S/C17H8BrF3N2O4S2/c18-12-7-11(23(26)27)4-8(14(12)24)5-13-15(25)22(16(28)29-13)10-3-1-2-9(6-10)17(19,20)21/h1-7,24H. The molecule has 1 amide bonds. The second kappa shape index (κ2) is 7.76. The molecule has 0 saturated carbocycles. The van der Waals surface area contributed by atoms with Crippen molar-refractivity contribution in [1.82, 2.24) is 0 Å². The van der Waals surface area contributed by atoms with Crippen LogP contribution in [0.2, 0.25) is 0 Å². The molecule has 0 radical (unpaired) electrons. The maximum Gasteiger partial charge on any atom is 0.416 e. The molecule has 1 aliphatic rings. The molecule has 12 heteroatoms. The molecule has 150 valence electrons. The van der Waals surface area contributed by atoms with Gasteiger partial charge in [-0.15, -0.1) is 0 Å². The number of hydrogen-bond donors (Lipinski definition) is 1. The molecule has 1 saturated heterocycles. The van der Waals surface area contributed by atoms with Gasteiger partial charge >= 0.3 is 6.18 Å². The van der Waals surface area contributed by atoms with Crippen molar-refractivity contribution >= 4 is 67.6 Å². The molecule has 1 aliphatic heterocycles. The molecule has 1 N–H and O–H groups in total. The van der Waals surface area contributed by atoms with Crippen LogP contribution in [0.1, 0.15) is 11.1 Å². The number of phenols is 1. The van der Waals surface area contributed by atoms with E-state index in [1.165, 1.54) is 12.1 Å². The minimum atomic E-state index is -4.59. The lowest BCUT2D eigenvalue weighted by Crippen LogP contribution is -2.27. The number of nitro groups is 1. The number of carbonyl (C=O) groups is 1. The molecule has 1 fully saturated rings. The van der Waals surface area contributed by atoms with Gasteiger partial charge in [0.25, 0.3) is 11.6 Å².